The van der Waals surface area contributed by atoms with Crippen molar-refractivity contribution in [3.8, 4) is 0 Å². The highest BCUT2D eigenvalue weighted by Gasteiger charge is 2.09. The number of carbonyl (C=O) groups is 1. The summed E-state index contributed by atoms with van der Waals surface area (Å²) in [6.07, 6.45) is 2.27. The summed E-state index contributed by atoms with van der Waals surface area (Å²) in [5, 5.41) is 0. The smallest absolute Gasteiger partial charge is 0.167 e. The molecule has 0 aliphatic carbocycles. The number of hydrogen-bond acceptors (Lipinski definition) is 2. The van der Waals surface area contributed by atoms with Crippen molar-refractivity contribution in [3.05, 3.63) is 64.5 Å². The van der Waals surface area contributed by atoms with Crippen molar-refractivity contribution in [2.75, 3.05) is 0 Å². The zero-order valence-electron chi connectivity index (χ0n) is 11.0. The SMILES string of the molecule is Cc1ccc(C(=O)Cc2cc(C)ncc2C)cc1. The molecular formula is C16H17NO. The topological polar surface area (TPSA) is 30.0 Å². The summed E-state index contributed by atoms with van der Waals surface area (Å²) < 4.78 is 0. The molecule has 0 aliphatic heterocycles. The van der Waals surface area contributed by atoms with Gasteiger partial charge in [0, 0.05) is 23.9 Å². The van der Waals surface area contributed by atoms with Gasteiger partial charge in [0.1, 0.15) is 0 Å². The molecule has 0 N–H and O–H groups in total. The Morgan fingerprint density at radius 1 is 1.11 bits per heavy atom. The molecule has 1 aromatic carbocycles. The summed E-state index contributed by atoms with van der Waals surface area (Å²) in [5.41, 5.74) is 5.03. The second-order valence-corrected chi connectivity index (χ2v) is 4.72. The van der Waals surface area contributed by atoms with Crippen LogP contribution in [0.5, 0.6) is 0 Å². The first-order valence-corrected chi connectivity index (χ1v) is 6.08. The third-order valence-electron chi connectivity index (χ3n) is 3.08. The number of carbonyl (C=O) groups excluding carboxylic acids is 1. The minimum absolute atomic E-state index is 0.156. The normalized spacial score (nSPS) is 10.4. The van der Waals surface area contributed by atoms with Crippen LogP contribution in [0.4, 0.5) is 0 Å². The maximum absolute atomic E-state index is 12.2. The van der Waals surface area contributed by atoms with Crippen LogP contribution in [0, 0.1) is 20.8 Å². The van der Waals surface area contributed by atoms with Crippen molar-refractivity contribution in [1.82, 2.24) is 4.98 Å². The Morgan fingerprint density at radius 2 is 1.78 bits per heavy atom. The average molecular weight is 239 g/mol. The van der Waals surface area contributed by atoms with E-state index < -0.39 is 0 Å². The van der Waals surface area contributed by atoms with E-state index in [9.17, 15) is 4.79 Å². The van der Waals surface area contributed by atoms with Crippen LogP contribution in [-0.4, -0.2) is 10.8 Å². The molecule has 2 nitrogen and oxygen atoms in total. The lowest BCUT2D eigenvalue weighted by Gasteiger charge is -2.06. The van der Waals surface area contributed by atoms with Crippen LogP contribution < -0.4 is 0 Å². The van der Waals surface area contributed by atoms with Crippen molar-refractivity contribution in [2.45, 2.75) is 27.2 Å². The molecule has 18 heavy (non-hydrogen) atoms. The van der Waals surface area contributed by atoms with E-state index in [1.807, 2.05) is 57.3 Å². The fourth-order valence-corrected chi connectivity index (χ4v) is 1.89. The van der Waals surface area contributed by atoms with Crippen molar-refractivity contribution in [2.24, 2.45) is 0 Å². The van der Waals surface area contributed by atoms with E-state index in [1.165, 1.54) is 5.56 Å². The first kappa shape index (κ1) is 12.5. The Morgan fingerprint density at radius 3 is 2.44 bits per heavy atom. The quantitative estimate of drug-likeness (QED) is 0.768. The highest BCUT2D eigenvalue weighted by Crippen LogP contribution is 2.13. The molecule has 1 heterocycles. The number of rotatable bonds is 3. The lowest BCUT2D eigenvalue weighted by molar-refractivity contribution is 0.0993. The van der Waals surface area contributed by atoms with Gasteiger partial charge in [-0.3, -0.25) is 9.78 Å². The van der Waals surface area contributed by atoms with E-state index in [0.29, 0.717) is 6.42 Å². The van der Waals surface area contributed by atoms with E-state index >= 15 is 0 Å². The van der Waals surface area contributed by atoms with Crippen molar-refractivity contribution in [3.63, 3.8) is 0 Å². The van der Waals surface area contributed by atoms with Crippen LogP contribution in [0.2, 0.25) is 0 Å². The lowest BCUT2D eigenvalue weighted by Crippen LogP contribution is -2.05. The number of nitrogens with zero attached hydrogens (tertiary/aromatic N) is 1. The maximum Gasteiger partial charge on any atom is 0.167 e. The van der Waals surface area contributed by atoms with Crippen LogP contribution in [0.25, 0.3) is 0 Å². The highest BCUT2D eigenvalue weighted by molar-refractivity contribution is 5.97. The first-order chi connectivity index (χ1) is 8.56. The predicted molar refractivity (Wildman–Crippen MR) is 72.9 cm³/mol. The Bertz CT molecular complexity index is 570. The standard InChI is InChI=1S/C16H17NO/c1-11-4-6-14(7-5-11)16(18)9-15-8-13(3)17-10-12(15)2/h4-8,10H,9H2,1-3H3. The predicted octanol–water partition coefficient (Wildman–Crippen LogP) is 3.43. The van der Waals surface area contributed by atoms with E-state index in [2.05, 4.69) is 4.98 Å². The van der Waals surface area contributed by atoms with Gasteiger partial charge in [0.2, 0.25) is 0 Å². The number of Topliss-reactive ketones (excluding diaryl/α,β-unsaturated/α-hetero) is 1. The number of benzene rings is 1. The van der Waals surface area contributed by atoms with Crippen LogP contribution >= 0.6 is 0 Å². The summed E-state index contributed by atoms with van der Waals surface area (Å²) in [7, 11) is 0. The molecule has 0 unspecified atom stereocenters. The van der Waals surface area contributed by atoms with Crippen LogP contribution in [0.15, 0.2) is 36.5 Å². The summed E-state index contributed by atoms with van der Waals surface area (Å²) in [6.45, 7) is 5.95. The summed E-state index contributed by atoms with van der Waals surface area (Å²) >= 11 is 0. The fourth-order valence-electron chi connectivity index (χ4n) is 1.89. The number of hydrogen-bond donors (Lipinski definition) is 0. The molecular weight excluding hydrogens is 222 g/mol. The minimum atomic E-state index is 0.156. The Balaban J connectivity index is 2.21. The third-order valence-corrected chi connectivity index (χ3v) is 3.08. The molecule has 0 aliphatic rings. The largest absolute Gasteiger partial charge is 0.294 e. The molecule has 0 fully saturated rings. The molecule has 0 radical (unpaired) electrons. The van der Waals surface area contributed by atoms with E-state index in [0.717, 1.165) is 22.4 Å². The second-order valence-electron chi connectivity index (χ2n) is 4.72. The van der Waals surface area contributed by atoms with Gasteiger partial charge in [0.25, 0.3) is 0 Å². The molecule has 0 spiro atoms. The molecule has 0 saturated heterocycles. The van der Waals surface area contributed by atoms with E-state index in [4.69, 9.17) is 0 Å². The summed E-state index contributed by atoms with van der Waals surface area (Å²) in [6, 6.07) is 9.71. The summed E-state index contributed by atoms with van der Waals surface area (Å²) in [4.78, 5) is 16.4. The zero-order chi connectivity index (χ0) is 13.1. The van der Waals surface area contributed by atoms with E-state index in [-0.39, 0.29) is 5.78 Å². The van der Waals surface area contributed by atoms with Crippen LogP contribution in [-0.2, 0) is 6.42 Å². The molecule has 2 rings (SSSR count). The van der Waals surface area contributed by atoms with Gasteiger partial charge in [-0.2, -0.15) is 0 Å². The molecule has 2 heteroatoms. The Labute approximate surface area is 108 Å². The zero-order valence-corrected chi connectivity index (χ0v) is 11.0. The third kappa shape index (κ3) is 2.83. The molecule has 0 bridgehead atoms. The number of ketones is 1. The van der Waals surface area contributed by atoms with Gasteiger partial charge in [-0.1, -0.05) is 29.8 Å². The highest BCUT2D eigenvalue weighted by atomic mass is 16.1. The Hall–Kier alpha value is -1.96. The molecule has 0 atom stereocenters. The van der Waals surface area contributed by atoms with Gasteiger partial charge in [0.15, 0.2) is 5.78 Å². The van der Waals surface area contributed by atoms with Gasteiger partial charge in [-0.05, 0) is 38.0 Å². The molecule has 0 amide bonds. The first-order valence-electron chi connectivity index (χ1n) is 6.08. The molecule has 92 valence electrons. The Kier molecular flexibility index (Phi) is 3.56. The van der Waals surface area contributed by atoms with Crippen molar-refractivity contribution >= 4 is 5.78 Å². The monoisotopic (exact) mass is 239 g/mol. The van der Waals surface area contributed by atoms with Crippen LogP contribution in [0.1, 0.15) is 32.7 Å². The molecule has 2 aromatic rings. The number of pyridine rings is 1. The lowest BCUT2D eigenvalue weighted by atomic mass is 9.99. The number of aryl methyl sites for hydroxylation is 3. The maximum atomic E-state index is 12.2. The van der Waals surface area contributed by atoms with E-state index in [1.54, 1.807) is 0 Å². The second kappa shape index (κ2) is 5.13. The van der Waals surface area contributed by atoms with Crippen molar-refractivity contribution < 1.29 is 4.79 Å². The molecule has 1 aromatic heterocycles. The van der Waals surface area contributed by atoms with Crippen LogP contribution in [0.3, 0.4) is 0 Å². The van der Waals surface area contributed by atoms with Gasteiger partial charge < -0.3 is 0 Å². The van der Waals surface area contributed by atoms with Crippen molar-refractivity contribution in [1.29, 1.82) is 0 Å². The van der Waals surface area contributed by atoms with Gasteiger partial charge >= 0.3 is 0 Å². The minimum Gasteiger partial charge on any atom is -0.294 e. The summed E-state index contributed by atoms with van der Waals surface area (Å²) in [5.74, 6) is 0.156. The van der Waals surface area contributed by atoms with Gasteiger partial charge in [0.05, 0.1) is 0 Å². The fraction of sp³-hybridized carbons (Fsp3) is 0.250. The number of aromatic nitrogens is 1. The average Bonchev–Trinajstić information content (AvgIpc) is 2.34. The van der Waals surface area contributed by atoms with Gasteiger partial charge in [-0.25, -0.2) is 0 Å². The molecule has 0 saturated carbocycles. The van der Waals surface area contributed by atoms with Gasteiger partial charge in [-0.15, -0.1) is 0 Å².